The number of nitrogens with zero attached hydrogens (tertiary/aromatic N) is 3. The fourth-order valence-corrected chi connectivity index (χ4v) is 2.43. The van der Waals surface area contributed by atoms with Crippen LogP contribution >= 0.6 is 15.9 Å². The number of aryl methyl sites for hydroxylation is 1. The summed E-state index contributed by atoms with van der Waals surface area (Å²) in [5.74, 6) is 0. The molecule has 0 aliphatic rings. The Morgan fingerprint density at radius 1 is 1.30 bits per heavy atom. The second-order valence-corrected chi connectivity index (χ2v) is 5.05. The summed E-state index contributed by atoms with van der Waals surface area (Å²) in [6.45, 7) is 0. The van der Waals surface area contributed by atoms with Gasteiger partial charge in [0.2, 0.25) is 0 Å². The first-order valence-corrected chi connectivity index (χ1v) is 6.47. The molecule has 4 nitrogen and oxygen atoms in total. The summed E-state index contributed by atoms with van der Waals surface area (Å²) in [4.78, 5) is 0. The molecule has 8 heteroatoms. The van der Waals surface area contributed by atoms with Crippen LogP contribution in [0.15, 0.2) is 28.9 Å². The number of alkyl halides is 3. The van der Waals surface area contributed by atoms with Crippen LogP contribution in [0, 0.1) is 0 Å². The second-order valence-electron chi connectivity index (χ2n) is 4.30. The second kappa shape index (κ2) is 5.53. The van der Waals surface area contributed by atoms with Crippen LogP contribution in [0.25, 0.3) is 0 Å². The number of aromatic nitrogens is 3. The molecule has 0 radical (unpaired) electrons. The summed E-state index contributed by atoms with van der Waals surface area (Å²) in [5.41, 5.74) is 0.364. The lowest BCUT2D eigenvalue weighted by atomic mass is 10.0. The molecule has 1 N–H and O–H groups in total. The van der Waals surface area contributed by atoms with Crippen molar-refractivity contribution in [1.29, 1.82) is 0 Å². The molecule has 1 unspecified atom stereocenters. The van der Waals surface area contributed by atoms with E-state index in [1.165, 1.54) is 16.8 Å². The van der Waals surface area contributed by atoms with E-state index >= 15 is 0 Å². The van der Waals surface area contributed by atoms with Crippen LogP contribution in [0.3, 0.4) is 0 Å². The Kier molecular flexibility index (Phi) is 4.14. The van der Waals surface area contributed by atoms with Crippen molar-refractivity contribution in [2.45, 2.75) is 18.7 Å². The fraction of sp³-hybridized carbons (Fsp3) is 0.333. The molecular formula is C12H11BrF3N3O. The van der Waals surface area contributed by atoms with Gasteiger partial charge in [0.25, 0.3) is 0 Å². The van der Waals surface area contributed by atoms with Crippen LogP contribution in [0.1, 0.15) is 22.9 Å². The lowest BCUT2D eigenvalue weighted by Crippen LogP contribution is -2.09. The molecule has 0 aliphatic heterocycles. The molecule has 0 fully saturated rings. The summed E-state index contributed by atoms with van der Waals surface area (Å²) in [5, 5.41) is 17.6. The molecule has 1 atom stereocenters. The molecule has 1 heterocycles. The SMILES string of the molecule is Cn1nnc(Br)c1C(O)Cc1ccc(C(F)(F)F)cc1. The van der Waals surface area contributed by atoms with Gasteiger partial charge in [-0.2, -0.15) is 13.2 Å². The third-order valence-electron chi connectivity index (χ3n) is 2.85. The molecular weight excluding hydrogens is 339 g/mol. The molecule has 1 aromatic carbocycles. The lowest BCUT2D eigenvalue weighted by Gasteiger charge is -2.12. The Hall–Kier alpha value is -1.41. The zero-order valence-electron chi connectivity index (χ0n) is 10.4. The van der Waals surface area contributed by atoms with E-state index in [4.69, 9.17) is 0 Å². The third kappa shape index (κ3) is 3.18. The monoisotopic (exact) mass is 349 g/mol. The number of rotatable bonds is 3. The maximum atomic E-state index is 12.4. The van der Waals surface area contributed by atoms with Gasteiger partial charge in [0.05, 0.1) is 5.56 Å². The van der Waals surface area contributed by atoms with Crippen molar-refractivity contribution < 1.29 is 18.3 Å². The number of aliphatic hydroxyl groups is 1. The minimum atomic E-state index is -4.36. The number of hydrogen-bond acceptors (Lipinski definition) is 3. The van der Waals surface area contributed by atoms with Crippen LogP contribution in [0.2, 0.25) is 0 Å². The van der Waals surface area contributed by atoms with Crippen molar-refractivity contribution >= 4 is 15.9 Å². The van der Waals surface area contributed by atoms with Gasteiger partial charge in [-0.05, 0) is 33.6 Å². The highest BCUT2D eigenvalue weighted by Gasteiger charge is 2.30. The Bertz CT molecular complexity index is 575. The summed E-state index contributed by atoms with van der Waals surface area (Å²) < 4.78 is 39.1. The molecule has 0 aliphatic carbocycles. The topological polar surface area (TPSA) is 50.9 Å². The van der Waals surface area contributed by atoms with Crippen LogP contribution in [-0.2, 0) is 19.6 Å². The zero-order chi connectivity index (χ0) is 14.9. The van der Waals surface area contributed by atoms with Gasteiger partial charge in [0, 0.05) is 13.5 Å². The van der Waals surface area contributed by atoms with E-state index in [2.05, 4.69) is 26.2 Å². The number of aliphatic hydroxyl groups excluding tert-OH is 1. The first-order chi connectivity index (χ1) is 9.29. The van der Waals surface area contributed by atoms with Gasteiger partial charge in [0.15, 0.2) is 4.60 Å². The third-order valence-corrected chi connectivity index (χ3v) is 3.42. The molecule has 0 amide bonds. The summed E-state index contributed by atoms with van der Waals surface area (Å²) in [6, 6.07) is 4.70. The summed E-state index contributed by atoms with van der Waals surface area (Å²) in [6.07, 6.45) is -5.08. The van der Waals surface area contributed by atoms with E-state index < -0.39 is 17.8 Å². The summed E-state index contributed by atoms with van der Waals surface area (Å²) >= 11 is 3.17. The highest BCUT2D eigenvalue weighted by Crippen LogP contribution is 2.30. The first kappa shape index (κ1) is 15.0. The van der Waals surface area contributed by atoms with E-state index in [0.717, 1.165) is 12.1 Å². The average Bonchev–Trinajstić information content (AvgIpc) is 2.68. The average molecular weight is 350 g/mol. The van der Waals surface area contributed by atoms with E-state index in [9.17, 15) is 18.3 Å². The van der Waals surface area contributed by atoms with E-state index in [0.29, 0.717) is 15.9 Å². The molecule has 0 saturated carbocycles. The maximum Gasteiger partial charge on any atom is 0.416 e. The standard InChI is InChI=1S/C12H11BrF3N3O/c1-19-10(11(13)17-18-19)9(20)6-7-2-4-8(5-3-7)12(14,15)16/h2-5,9,20H,6H2,1H3. The van der Waals surface area contributed by atoms with Crippen LogP contribution in [0.5, 0.6) is 0 Å². The minimum absolute atomic E-state index is 0.179. The van der Waals surface area contributed by atoms with E-state index in [-0.39, 0.29) is 6.42 Å². The van der Waals surface area contributed by atoms with Crippen molar-refractivity contribution in [1.82, 2.24) is 15.0 Å². The smallest absolute Gasteiger partial charge is 0.386 e. The van der Waals surface area contributed by atoms with Crippen molar-refractivity contribution in [2.24, 2.45) is 7.05 Å². The van der Waals surface area contributed by atoms with Gasteiger partial charge < -0.3 is 5.11 Å². The molecule has 1 aromatic heterocycles. The van der Waals surface area contributed by atoms with Gasteiger partial charge in [-0.15, -0.1) is 5.10 Å². The zero-order valence-corrected chi connectivity index (χ0v) is 12.0. The Balaban J connectivity index is 2.15. The molecule has 2 rings (SSSR count). The quantitative estimate of drug-likeness (QED) is 0.926. The van der Waals surface area contributed by atoms with Crippen molar-refractivity contribution in [2.75, 3.05) is 0 Å². The molecule has 0 bridgehead atoms. The highest BCUT2D eigenvalue weighted by atomic mass is 79.9. The maximum absolute atomic E-state index is 12.4. The normalized spacial score (nSPS) is 13.5. The van der Waals surface area contributed by atoms with Crippen LogP contribution in [-0.4, -0.2) is 20.1 Å². The fourth-order valence-electron chi connectivity index (χ4n) is 1.84. The summed E-state index contributed by atoms with van der Waals surface area (Å²) in [7, 11) is 1.63. The molecule has 2 aromatic rings. The van der Waals surface area contributed by atoms with Gasteiger partial charge in [-0.25, -0.2) is 4.68 Å². The minimum Gasteiger partial charge on any atom is -0.386 e. The molecule has 108 valence electrons. The lowest BCUT2D eigenvalue weighted by molar-refractivity contribution is -0.137. The Morgan fingerprint density at radius 3 is 2.35 bits per heavy atom. The Labute approximate surface area is 121 Å². The number of benzene rings is 1. The molecule has 0 saturated heterocycles. The highest BCUT2D eigenvalue weighted by molar-refractivity contribution is 9.10. The van der Waals surface area contributed by atoms with Crippen LogP contribution < -0.4 is 0 Å². The van der Waals surface area contributed by atoms with Gasteiger partial charge in [-0.1, -0.05) is 17.3 Å². The van der Waals surface area contributed by atoms with Gasteiger partial charge in [-0.3, -0.25) is 0 Å². The number of halogens is 4. The number of hydrogen-bond donors (Lipinski definition) is 1. The van der Waals surface area contributed by atoms with Crippen LogP contribution in [0.4, 0.5) is 13.2 Å². The van der Waals surface area contributed by atoms with Crippen molar-refractivity contribution in [3.8, 4) is 0 Å². The van der Waals surface area contributed by atoms with Gasteiger partial charge >= 0.3 is 6.18 Å². The predicted octanol–water partition coefficient (Wildman–Crippen LogP) is 2.87. The van der Waals surface area contributed by atoms with Crippen molar-refractivity contribution in [3.05, 3.63) is 45.7 Å². The molecule has 20 heavy (non-hydrogen) atoms. The van der Waals surface area contributed by atoms with Gasteiger partial charge in [0.1, 0.15) is 11.8 Å². The predicted molar refractivity (Wildman–Crippen MR) is 68.8 cm³/mol. The largest absolute Gasteiger partial charge is 0.416 e. The Morgan fingerprint density at radius 2 is 1.90 bits per heavy atom. The first-order valence-electron chi connectivity index (χ1n) is 5.68. The van der Waals surface area contributed by atoms with Crippen molar-refractivity contribution in [3.63, 3.8) is 0 Å². The van der Waals surface area contributed by atoms with E-state index in [1.807, 2.05) is 0 Å². The molecule has 0 spiro atoms. The van der Waals surface area contributed by atoms with E-state index in [1.54, 1.807) is 7.05 Å².